The molecule has 0 spiro atoms. The Balaban J connectivity index is 0.00000225. The lowest BCUT2D eigenvalue weighted by Crippen LogP contribution is -2.49. The summed E-state index contributed by atoms with van der Waals surface area (Å²) < 4.78 is 10.5. The van der Waals surface area contributed by atoms with Gasteiger partial charge in [-0.3, -0.25) is 4.79 Å². The predicted molar refractivity (Wildman–Crippen MR) is 95.4 cm³/mol. The number of rotatable bonds is 5. The van der Waals surface area contributed by atoms with Gasteiger partial charge in [-0.15, -0.1) is 12.4 Å². The fourth-order valence-electron chi connectivity index (χ4n) is 2.67. The van der Waals surface area contributed by atoms with Gasteiger partial charge in [-0.1, -0.05) is 16.8 Å². The van der Waals surface area contributed by atoms with Crippen LogP contribution in [0.5, 0.6) is 0 Å². The van der Waals surface area contributed by atoms with Crippen molar-refractivity contribution in [1.82, 2.24) is 15.5 Å². The van der Waals surface area contributed by atoms with Crippen molar-refractivity contribution >= 4 is 29.9 Å². The third kappa shape index (κ3) is 4.49. The Hall–Kier alpha value is -1.67. The lowest BCUT2D eigenvalue weighted by molar-refractivity contribution is -0.136. The fraction of sp³-hybridized carbons (Fsp3) is 0.438. The molecule has 2 heterocycles. The largest absolute Gasteiger partial charge is 0.381 e. The molecule has 1 saturated heterocycles. The van der Waals surface area contributed by atoms with Crippen LogP contribution in [-0.2, 0) is 16.1 Å². The minimum Gasteiger partial charge on any atom is -0.381 e. The monoisotopic (exact) mass is 386 g/mol. The van der Waals surface area contributed by atoms with Gasteiger partial charge >= 0.3 is 0 Å². The number of carbonyl (C=O) groups is 1. The number of ether oxygens (including phenoxy) is 1. The van der Waals surface area contributed by atoms with Crippen LogP contribution in [0.25, 0.3) is 11.4 Å². The van der Waals surface area contributed by atoms with Gasteiger partial charge in [0.25, 0.3) is 0 Å². The Labute approximate surface area is 156 Å². The van der Waals surface area contributed by atoms with Crippen LogP contribution in [-0.4, -0.2) is 35.8 Å². The lowest BCUT2D eigenvalue weighted by atomic mass is 9.79. The maximum absolute atomic E-state index is 12.5. The molecule has 2 aromatic rings. The minimum atomic E-state index is -0.572. The molecule has 3 rings (SSSR count). The summed E-state index contributed by atoms with van der Waals surface area (Å²) in [5, 5.41) is 7.40. The van der Waals surface area contributed by atoms with E-state index in [4.69, 9.17) is 26.6 Å². The van der Waals surface area contributed by atoms with E-state index in [1.807, 2.05) is 0 Å². The number of nitrogens with zero attached hydrogens (tertiary/aromatic N) is 2. The molecule has 1 amide bonds. The van der Waals surface area contributed by atoms with Crippen LogP contribution in [0, 0.1) is 5.41 Å². The van der Waals surface area contributed by atoms with Crippen molar-refractivity contribution in [1.29, 1.82) is 0 Å². The Kier molecular flexibility index (Phi) is 6.78. The molecule has 1 aliphatic rings. The van der Waals surface area contributed by atoms with Gasteiger partial charge in [-0.2, -0.15) is 4.98 Å². The molecule has 25 heavy (non-hydrogen) atoms. The van der Waals surface area contributed by atoms with E-state index in [1.165, 1.54) is 0 Å². The number of amides is 1. The standard InChI is InChI=1S/C16H19ClN4O3.ClH/c17-12-3-1-11(2-4-12)14-20-13(24-21-14)9-19-15(22)16(10-18)5-7-23-8-6-16;/h1-4H,5-10,18H2,(H,19,22);1H. The maximum Gasteiger partial charge on any atom is 0.246 e. The highest BCUT2D eigenvalue weighted by molar-refractivity contribution is 6.30. The summed E-state index contributed by atoms with van der Waals surface area (Å²) in [5.41, 5.74) is 6.04. The zero-order valence-corrected chi connectivity index (χ0v) is 15.1. The summed E-state index contributed by atoms with van der Waals surface area (Å²) in [6.07, 6.45) is 1.24. The second-order valence-electron chi connectivity index (χ2n) is 5.80. The number of hydrogen-bond donors (Lipinski definition) is 2. The SMILES string of the molecule is Cl.NCC1(C(=O)NCc2nc(-c3ccc(Cl)cc3)no2)CCOCC1. The third-order valence-electron chi connectivity index (χ3n) is 4.29. The molecule has 9 heteroatoms. The van der Waals surface area contributed by atoms with Crippen molar-refractivity contribution in [3.05, 3.63) is 35.2 Å². The quantitative estimate of drug-likeness (QED) is 0.815. The zero-order valence-electron chi connectivity index (χ0n) is 13.5. The maximum atomic E-state index is 12.5. The van der Waals surface area contributed by atoms with Crippen molar-refractivity contribution < 1.29 is 14.1 Å². The van der Waals surface area contributed by atoms with Gasteiger partial charge in [-0.25, -0.2) is 0 Å². The second-order valence-corrected chi connectivity index (χ2v) is 6.23. The lowest BCUT2D eigenvalue weighted by Gasteiger charge is -2.34. The Morgan fingerprint density at radius 2 is 1.96 bits per heavy atom. The van der Waals surface area contributed by atoms with E-state index in [2.05, 4.69) is 15.5 Å². The van der Waals surface area contributed by atoms with Gasteiger partial charge in [0.1, 0.15) is 0 Å². The van der Waals surface area contributed by atoms with Crippen LogP contribution >= 0.6 is 24.0 Å². The number of aromatic nitrogens is 2. The first-order chi connectivity index (χ1) is 11.6. The normalized spacial score (nSPS) is 16.1. The highest BCUT2D eigenvalue weighted by atomic mass is 35.5. The average Bonchev–Trinajstić information content (AvgIpc) is 3.10. The molecular formula is C16H20Cl2N4O3. The molecule has 0 unspecified atom stereocenters. The molecule has 0 radical (unpaired) electrons. The number of nitrogens with two attached hydrogens (primary N) is 1. The summed E-state index contributed by atoms with van der Waals surface area (Å²) in [6, 6.07) is 7.12. The highest BCUT2D eigenvalue weighted by Gasteiger charge is 2.38. The fourth-order valence-corrected chi connectivity index (χ4v) is 2.80. The molecule has 1 aromatic carbocycles. The van der Waals surface area contributed by atoms with E-state index in [0.717, 1.165) is 5.56 Å². The third-order valence-corrected chi connectivity index (χ3v) is 4.54. The number of carbonyl (C=O) groups excluding carboxylic acids is 1. The molecule has 0 bridgehead atoms. The predicted octanol–water partition coefficient (Wildman–Crippen LogP) is 2.18. The van der Waals surface area contributed by atoms with Crippen molar-refractivity contribution in [2.24, 2.45) is 11.1 Å². The first-order valence-electron chi connectivity index (χ1n) is 7.78. The minimum absolute atomic E-state index is 0. The van der Waals surface area contributed by atoms with Gasteiger partial charge in [-0.05, 0) is 37.1 Å². The van der Waals surface area contributed by atoms with Crippen LogP contribution in [0.3, 0.4) is 0 Å². The summed E-state index contributed by atoms with van der Waals surface area (Å²) in [5.74, 6) is 0.697. The molecule has 0 atom stereocenters. The van der Waals surface area contributed by atoms with E-state index in [1.54, 1.807) is 24.3 Å². The number of benzene rings is 1. The van der Waals surface area contributed by atoms with E-state index in [0.29, 0.717) is 49.3 Å². The number of hydrogen-bond acceptors (Lipinski definition) is 6. The van der Waals surface area contributed by atoms with Gasteiger partial charge in [0.2, 0.25) is 17.6 Å². The van der Waals surface area contributed by atoms with E-state index in [9.17, 15) is 4.79 Å². The van der Waals surface area contributed by atoms with Crippen LogP contribution in [0.4, 0.5) is 0 Å². The first-order valence-corrected chi connectivity index (χ1v) is 8.15. The number of halogens is 2. The summed E-state index contributed by atoms with van der Waals surface area (Å²) in [7, 11) is 0. The van der Waals surface area contributed by atoms with Crippen LogP contribution in [0.2, 0.25) is 5.02 Å². The Morgan fingerprint density at radius 3 is 2.60 bits per heavy atom. The Bertz CT molecular complexity index is 700. The second kappa shape index (κ2) is 8.62. The van der Waals surface area contributed by atoms with E-state index < -0.39 is 5.41 Å². The molecule has 0 saturated carbocycles. The first kappa shape index (κ1) is 19.7. The molecular weight excluding hydrogens is 367 g/mol. The summed E-state index contributed by atoms with van der Waals surface area (Å²) in [6.45, 7) is 1.56. The molecule has 136 valence electrons. The van der Waals surface area contributed by atoms with Crippen molar-refractivity contribution in [3.63, 3.8) is 0 Å². The van der Waals surface area contributed by atoms with Crippen LogP contribution in [0.1, 0.15) is 18.7 Å². The Morgan fingerprint density at radius 1 is 1.28 bits per heavy atom. The molecule has 1 fully saturated rings. The van der Waals surface area contributed by atoms with Gasteiger partial charge in [0, 0.05) is 30.3 Å². The molecule has 7 nitrogen and oxygen atoms in total. The molecule has 1 aliphatic heterocycles. The van der Waals surface area contributed by atoms with E-state index in [-0.39, 0.29) is 24.9 Å². The zero-order chi connectivity index (χ0) is 17.0. The van der Waals surface area contributed by atoms with Gasteiger partial charge in [0.05, 0.1) is 12.0 Å². The van der Waals surface area contributed by atoms with Gasteiger partial charge in [0.15, 0.2) is 0 Å². The van der Waals surface area contributed by atoms with Crippen LogP contribution in [0.15, 0.2) is 28.8 Å². The highest BCUT2D eigenvalue weighted by Crippen LogP contribution is 2.29. The topological polar surface area (TPSA) is 103 Å². The summed E-state index contributed by atoms with van der Waals surface area (Å²) in [4.78, 5) is 16.8. The van der Waals surface area contributed by atoms with Gasteiger partial charge < -0.3 is 20.3 Å². The van der Waals surface area contributed by atoms with E-state index >= 15 is 0 Å². The smallest absolute Gasteiger partial charge is 0.246 e. The summed E-state index contributed by atoms with van der Waals surface area (Å²) >= 11 is 5.86. The van der Waals surface area contributed by atoms with Crippen molar-refractivity contribution in [3.8, 4) is 11.4 Å². The average molecular weight is 387 g/mol. The van der Waals surface area contributed by atoms with Crippen molar-refractivity contribution in [2.45, 2.75) is 19.4 Å². The number of nitrogens with one attached hydrogen (secondary N) is 1. The molecule has 1 aromatic heterocycles. The van der Waals surface area contributed by atoms with Crippen LogP contribution < -0.4 is 11.1 Å². The molecule has 0 aliphatic carbocycles. The van der Waals surface area contributed by atoms with Crippen molar-refractivity contribution in [2.75, 3.05) is 19.8 Å². The molecule has 3 N–H and O–H groups in total.